The number of rotatable bonds is 6. The number of pyridine rings is 1. The van der Waals surface area contributed by atoms with Gasteiger partial charge in [-0.2, -0.15) is 9.97 Å². The maximum absolute atomic E-state index is 5.58. The second kappa shape index (κ2) is 13.1. The lowest BCUT2D eigenvalue weighted by Gasteiger charge is -2.14. The molecule has 6 heteroatoms. The average molecular weight is 719 g/mol. The van der Waals surface area contributed by atoms with Crippen LogP contribution in [0.25, 0.3) is 95.7 Å². The van der Waals surface area contributed by atoms with Crippen molar-refractivity contribution >= 4 is 39.0 Å². The summed E-state index contributed by atoms with van der Waals surface area (Å²) in [6.45, 7) is 0. The summed E-state index contributed by atoms with van der Waals surface area (Å²) >= 11 is 0. The number of hydrogen-bond donors (Lipinski definition) is 0. The molecule has 4 heterocycles. The van der Waals surface area contributed by atoms with Gasteiger partial charge in [0.2, 0.25) is 5.95 Å². The molecule has 11 rings (SSSR count). The zero-order valence-corrected chi connectivity index (χ0v) is 30.4. The van der Waals surface area contributed by atoms with E-state index < -0.39 is 0 Å². The van der Waals surface area contributed by atoms with E-state index in [-0.39, 0.29) is 0 Å². The Morgan fingerprint density at radius 3 is 1.62 bits per heavy atom. The van der Waals surface area contributed by atoms with Gasteiger partial charge in [-0.25, -0.2) is 9.97 Å². The molecule has 0 amide bonds. The fourth-order valence-electron chi connectivity index (χ4n) is 8.21. The SMILES string of the molecule is C1=Cc2c(n(-c3nc(-c4cccc(-c5ccccc5)c4)nc(-c4cccc(-c5ccccc5)c4)n3)c3nc4c(cc23)c2ccccc2n4-c2ccccc2)CC1. The largest absolute Gasteiger partial charge is 0.294 e. The van der Waals surface area contributed by atoms with Crippen LogP contribution in [0.15, 0.2) is 176 Å². The van der Waals surface area contributed by atoms with Gasteiger partial charge in [0.15, 0.2) is 11.6 Å². The lowest BCUT2D eigenvalue weighted by molar-refractivity contribution is 0.833. The maximum Gasteiger partial charge on any atom is 0.239 e. The van der Waals surface area contributed by atoms with Crippen LogP contribution in [0.2, 0.25) is 0 Å². The Bertz CT molecular complexity index is 3020. The first-order valence-corrected chi connectivity index (χ1v) is 19.0. The first-order chi connectivity index (χ1) is 27.8. The maximum atomic E-state index is 5.58. The van der Waals surface area contributed by atoms with E-state index in [4.69, 9.17) is 19.9 Å². The summed E-state index contributed by atoms with van der Waals surface area (Å²) in [5.41, 5.74) is 12.5. The minimum Gasteiger partial charge on any atom is -0.294 e. The fourth-order valence-corrected chi connectivity index (χ4v) is 8.21. The number of hydrogen-bond acceptors (Lipinski definition) is 4. The zero-order valence-electron chi connectivity index (χ0n) is 30.4. The second-order valence-electron chi connectivity index (χ2n) is 14.2. The molecule has 6 aromatic carbocycles. The molecule has 56 heavy (non-hydrogen) atoms. The monoisotopic (exact) mass is 718 g/mol. The van der Waals surface area contributed by atoms with Crippen molar-refractivity contribution in [1.29, 1.82) is 0 Å². The third-order valence-electron chi connectivity index (χ3n) is 10.8. The van der Waals surface area contributed by atoms with Crippen molar-refractivity contribution in [2.24, 2.45) is 0 Å². The molecule has 1 aliphatic rings. The Kier molecular flexibility index (Phi) is 7.52. The highest BCUT2D eigenvalue weighted by Gasteiger charge is 2.25. The average Bonchev–Trinajstić information content (AvgIpc) is 3.78. The van der Waals surface area contributed by atoms with E-state index in [0.717, 1.165) is 90.8 Å². The van der Waals surface area contributed by atoms with Crippen LogP contribution in [0.3, 0.4) is 0 Å². The van der Waals surface area contributed by atoms with E-state index in [2.05, 4.69) is 179 Å². The van der Waals surface area contributed by atoms with Crippen LogP contribution in [-0.2, 0) is 6.42 Å². The van der Waals surface area contributed by atoms with Crippen molar-refractivity contribution in [2.75, 3.05) is 0 Å². The Morgan fingerprint density at radius 1 is 0.411 bits per heavy atom. The Hall–Kier alpha value is -7.44. The molecule has 0 fully saturated rings. The van der Waals surface area contributed by atoms with Gasteiger partial charge >= 0.3 is 0 Å². The van der Waals surface area contributed by atoms with Crippen LogP contribution < -0.4 is 0 Å². The predicted molar refractivity (Wildman–Crippen MR) is 228 cm³/mol. The predicted octanol–water partition coefficient (Wildman–Crippen LogP) is 11.9. The Balaban J connectivity index is 1.19. The molecule has 0 saturated heterocycles. The van der Waals surface area contributed by atoms with Gasteiger partial charge in [0.25, 0.3) is 0 Å². The third-order valence-corrected chi connectivity index (χ3v) is 10.8. The van der Waals surface area contributed by atoms with Crippen LogP contribution in [0, 0.1) is 0 Å². The lowest BCUT2D eigenvalue weighted by Crippen LogP contribution is -2.11. The third kappa shape index (κ3) is 5.34. The summed E-state index contributed by atoms with van der Waals surface area (Å²) in [7, 11) is 0. The number of aromatic nitrogens is 6. The summed E-state index contributed by atoms with van der Waals surface area (Å²) < 4.78 is 4.46. The molecule has 6 nitrogen and oxygen atoms in total. The molecule has 4 aromatic heterocycles. The minimum absolute atomic E-state index is 0.552. The van der Waals surface area contributed by atoms with Crippen molar-refractivity contribution in [3.05, 3.63) is 187 Å². The molecule has 0 unspecified atom stereocenters. The highest BCUT2D eigenvalue weighted by atomic mass is 15.2. The van der Waals surface area contributed by atoms with Crippen LogP contribution in [0.1, 0.15) is 17.7 Å². The molecule has 0 spiro atoms. The fraction of sp³-hybridized carbons (Fsp3) is 0.0400. The van der Waals surface area contributed by atoms with E-state index in [0.29, 0.717) is 17.6 Å². The quantitative estimate of drug-likeness (QED) is 0.172. The molecule has 0 saturated carbocycles. The van der Waals surface area contributed by atoms with E-state index >= 15 is 0 Å². The van der Waals surface area contributed by atoms with Gasteiger partial charge in [-0.1, -0.05) is 146 Å². The molecule has 0 aliphatic heterocycles. The normalized spacial score (nSPS) is 12.4. The van der Waals surface area contributed by atoms with Gasteiger partial charge in [-0.15, -0.1) is 0 Å². The van der Waals surface area contributed by atoms with Gasteiger partial charge in [-0.05, 0) is 71.5 Å². The number of para-hydroxylation sites is 2. The zero-order chi connectivity index (χ0) is 37.0. The molecule has 0 bridgehead atoms. The van der Waals surface area contributed by atoms with Gasteiger partial charge in [0.1, 0.15) is 11.3 Å². The summed E-state index contributed by atoms with van der Waals surface area (Å²) in [5, 5.41) is 3.37. The number of benzene rings is 6. The second-order valence-corrected chi connectivity index (χ2v) is 14.2. The summed E-state index contributed by atoms with van der Waals surface area (Å²) in [4.78, 5) is 21.4. The Labute approximate surface area is 323 Å². The lowest BCUT2D eigenvalue weighted by atomic mass is 10.0. The van der Waals surface area contributed by atoms with Gasteiger partial charge in [-0.3, -0.25) is 9.13 Å². The minimum atomic E-state index is 0.552. The highest BCUT2D eigenvalue weighted by Crippen LogP contribution is 2.39. The van der Waals surface area contributed by atoms with Crippen molar-refractivity contribution in [2.45, 2.75) is 12.8 Å². The van der Waals surface area contributed by atoms with Crippen LogP contribution in [-0.4, -0.2) is 29.1 Å². The molecule has 1 aliphatic carbocycles. The Morgan fingerprint density at radius 2 is 0.964 bits per heavy atom. The van der Waals surface area contributed by atoms with Gasteiger partial charge in [0.05, 0.1) is 5.52 Å². The van der Waals surface area contributed by atoms with Crippen molar-refractivity contribution in [1.82, 2.24) is 29.1 Å². The smallest absolute Gasteiger partial charge is 0.239 e. The number of nitrogens with zero attached hydrogens (tertiary/aromatic N) is 6. The van der Waals surface area contributed by atoms with E-state index in [1.165, 1.54) is 5.39 Å². The summed E-state index contributed by atoms with van der Waals surface area (Å²) in [6, 6.07) is 59.2. The topological polar surface area (TPSA) is 61.4 Å². The summed E-state index contributed by atoms with van der Waals surface area (Å²) in [6.07, 6.45) is 6.27. The molecular weight excluding hydrogens is 685 g/mol. The summed E-state index contributed by atoms with van der Waals surface area (Å²) in [5.74, 6) is 1.76. The molecule has 10 aromatic rings. The van der Waals surface area contributed by atoms with Crippen molar-refractivity contribution in [3.63, 3.8) is 0 Å². The van der Waals surface area contributed by atoms with Crippen molar-refractivity contribution < 1.29 is 0 Å². The first-order valence-electron chi connectivity index (χ1n) is 19.0. The molecule has 0 N–H and O–H groups in total. The standard InChI is InChI=1S/C50H34N6/c1-4-16-33(17-5-1)35-20-14-22-37(30-35)46-51-47(38-23-15-21-36(31-38)34-18-6-2-7-19-34)53-50(52-46)56-45-29-13-11-27-41(45)43-32-42-40-26-10-12-28-44(40)55(48(42)54-49(43)56)39-24-8-3-9-25-39/h1-12,14-28,30-32H,13,29H2. The van der Waals surface area contributed by atoms with Crippen LogP contribution in [0.4, 0.5) is 0 Å². The van der Waals surface area contributed by atoms with Gasteiger partial charge < -0.3 is 0 Å². The van der Waals surface area contributed by atoms with Crippen LogP contribution >= 0.6 is 0 Å². The molecule has 0 atom stereocenters. The molecule has 0 radical (unpaired) electrons. The number of fused-ring (bicyclic) bond motifs is 6. The van der Waals surface area contributed by atoms with Gasteiger partial charge in [0, 0.05) is 44.2 Å². The van der Waals surface area contributed by atoms with Crippen molar-refractivity contribution in [3.8, 4) is 56.7 Å². The molecule has 264 valence electrons. The van der Waals surface area contributed by atoms with E-state index in [1.54, 1.807) is 0 Å². The van der Waals surface area contributed by atoms with E-state index in [9.17, 15) is 0 Å². The first kappa shape index (κ1) is 32.0. The van der Waals surface area contributed by atoms with E-state index in [1.807, 2.05) is 12.1 Å². The van der Waals surface area contributed by atoms with Crippen LogP contribution in [0.5, 0.6) is 0 Å². The highest BCUT2D eigenvalue weighted by molar-refractivity contribution is 6.12. The molecular formula is C50H34N6. The number of allylic oxidation sites excluding steroid dienone is 1.